The fourth-order valence-corrected chi connectivity index (χ4v) is 3.55. The quantitative estimate of drug-likeness (QED) is 0.846. The number of fused-ring (bicyclic) bond motifs is 1. The van der Waals surface area contributed by atoms with Crippen LogP contribution in [-0.2, 0) is 0 Å². The van der Waals surface area contributed by atoms with E-state index in [0.717, 1.165) is 13.0 Å². The fraction of sp³-hybridized carbons (Fsp3) is 0.600. The summed E-state index contributed by atoms with van der Waals surface area (Å²) in [6.45, 7) is 2.30. The maximum absolute atomic E-state index is 10.3. The summed E-state index contributed by atoms with van der Waals surface area (Å²) in [4.78, 5) is 2.59. The van der Waals surface area contributed by atoms with Gasteiger partial charge in [0.25, 0.3) is 0 Å². The number of aliphatic hydroxyl groups is 1. The summed E-state index contributed by atoms with van der Waals surface area (Å²) in [6, 6.07) is 11.1. The van der Waals surface area contributed by atoms with Crippen molar-refractivity contribution in [3.05, 3.63) is 35.9 Å². The first-order valence-corrected chi connectivity index (χ1v) is 6.83. The number of piperidine rings is 2. The van der Waals surface area contributed by atoms with Crippen molar-refractivity contribution < 1.29 is 5.11 Å². The molecule has 2 heterocycles. The lowest BCUT2D eigenvalue weighted by atomic mass is 9.77. The van der Waals surface area contributed by atoms with Gasteiger partial charge in [-0.3, -0.25) is 4.90 Å². The van der Waals surface area contributed by atoms with Crippen molar-refractivity contribution in [2.24, 2.45) is 0 Å². The Kier molecular flexibility index (Phi) is 4.66. The smallest absolute Gasteiger partial charge is 0.0636 e. The number of halogens is 1. The fourth-order valence-electron chi connectivity index (χ4n) is 3.55. The summed E-state index contributed by atoms with van der Waals surface area (Å²) in [6.07, 6.45) is 4.66. The zero-order valence-corrected chi connectivity index (χ0v) is 11.5. The highest BCUT2D eigenvalue weighted by atomic mass is 35.5. The molecule has 1 aromatic rings. The van der Waals surface area contributed by atoms with Crippen molar-refractivity contribution >= 4 is 12.4 Å². The molecule has 0 aliphatic carbocycles. The van der Waals surface area contributed by atoms with E-state index in [1.807, 2.05) is 0 Å². The van der Waals surface area contributed by atoms with E-state index in [1.165, 1.54) is 31.4 Å². The number of hydrogen-bond donors (Lipinski definition) is 1. The van der Waals surface area contributed by atoms with E-state index in [2.05, 4.69) is 35.2 Å². The number of rotatable bonds is 1. The number of benzene rings is 1. The molecular formula is C15H22ClNO. The van der Waals surface area contributed by atoms with Crippen LogP contribution < -0.4 is 0 Å². The second kappa shape index (κ2) is 6.05. The van der Waals surface area contributed by atoms with Gasteiger partial charge in [0.05, 0.1) is 6.10 Å². The zero-order valence-electron chi connectivity index (χ0n) is 10.7. The minimum Gasteiger partial charge on any atom is -0.392 e. The van der Waals surface area contributed by atoms with Crippen molar-refractivity contribution in [1.82, 2.24) is 4.90 Å². The predicted molar refractivity (Wildman–Crippen MR) is 76.3 cm³/mol. The Morgan fingerprint density at radius 2 is 1.78 bits per heavy atom. The van der Waals surface area contributed by atoms with E-state index in [0.29, 0.717) is 12.0 Å². The van der Waals surface area contributed by atoms with Gasteiger partial charge in [-0.05, 0) is 31.4 Å². The van der Waals surface area contributed by atoms with E-state index in [9.17, 15) is 5.11 Å². The van der Waals surface area contributed by atoms with E-state index in [-0.39, 0.29) is 18.5 Å². The molecule has 0 amide bonds. The van der Waals surface area contributed by atoms with Crippen molar-refractivity contribution in [2.45, 2.75) is 43.7 Å². The first kappa shape index (κ1) is 13.9. The van der Waals surface area contributed by atoms with Crippen molar-refractivity contribution in [1.29, 1.82) is 0 Å². The molecule has 18 heavy (non-hydrogen) atoms. The van der Waals surface area contributed by atoms with Gasteiger partial charge in [-0.25, -0.2) is 0 Å². The largest absolute Gasteiger partial charge is 0.392 e. The highest BCUT2D eigenvalue weighted by Gasteiger charge is 2.38. The summed E-state index contributed by atoms with van der Waals surface area (Å²) >= 11 is 0. The van der Waals surface area contributed by atoms with Gasteiger partial charge in [-0.15, -0.1) is 12.4 Å². The highest BCUT2D eigenvalue weighted by molar-refractivity contribution is 5.85. The number of hydrogen-bond acceptors (Lipinski definition) is 2. The molecule has 0 saturated carbocycles. The standard InChI is InChI=1S/C15H21NO.ClH/c17-14-9-11-16-10-5-4-8-13(16)15(14)12-6-2-1-3-7-12;/h1-3,6-7,13-15,17H,4-5,8-11H2;1H/t13-,14+,15-;/m1./s1. The zero-order chi connectivity index (χ0) is 11.7. The van der Waals surface area contributed by atoms with Crippen LogP contribution in [0.15, 0.2) is 30.3 Å². The molecule has 2 nitrogen and oxygen atoms in total. The summed E-state index contributed by atoms with van der Waals surface area (Å²) in [7, 11) is 0. The molecule has 2 aliphatic rings. The monoisotopic (exact) mass is 267 g/mol. The molecule has 0 aromatic heterocycles. The third kappa shape index (κ3) is 2.56. The Morgan fingerprint density at radius 3 is 2.56 bits per heavy atom. The van der Waals surface area contributed by atoms with Gasteiger partial charge in [0.1, 0.15) is 0 Å². The molecule has 3 atom stereocenters. The van der Waals surface area contributed by atoms with Crippen LogP contribution in [0.4, 0.5) is 0 Å². The van der Waals surface area contributed by atoms with Gasteiger partial charge in [-0.1, -0.05) is 36.8 Å². The predicted octanol–water partition coefficient (Wildman–Crippen LogP) is 2.81. The molecule has 2 aliphatic heterocycles. The summed E-state index contributed by atoms with van der Waals surface area (Å²) in [5.41, 5.74) is 1.32. The maximum Gasteiger partial charge on any atom is 0.0636 e. The van der Waals surface area contributed by atoms with Gasteiger partial charge in [0.15, 0.2) is 0 Å². The first-order chi connectivity index (χ1) is 8.36. The van der Waals surface area contributed by atoms with Gasteiger partial charge in [0.2, 0.25) is 0 Å². The van der Waals surface area contributed by atoms with Crippen LogP contribution in [-0.4, -0.2) is 35.2 Å². The van der Waals surface area contributed by atoms with E-state index < -0.39 is 0 Å². The molecule has 0 bridgehead atoms. The Balaban J connectivity index is 0.00000120. The number of nitrogens with zero attached hydrogens (tertiary/aromatic N) is 1. The van der Waals surface area contributed by atoms with Gasteiger partial charge in [0, 0.05) is 18.5 Å². The Labute approximate surface area is 115 Å². The van der Waals surface area contributed by atoms with E-state index >= 15 is 0 Å². The molecule has 1 aromatic carbocycles. The van der Waals surface area contributed by atoms with Gasteiger partial charge >= 0.3 is 0 Å². The number of aliphatic hydroxyl groups excluding tert-OH is 1. The van der Waals surface area contributed by atoms with Crippen LogP contribution in [0.3, 0.4) is 0 Å². The molecule has 3 heteroatoms. The van der Waals surface area contributed by atoms with Crippen molar-refractivity contribution in [3.8, 4) is 0 Å². The normalized spacial score (nSPS) is 32.4. The van der Waals surface area contributed by atoms with Crippen LogP contribution in [0, 0.1) is 0 Å². The van der Waals surface area contributed by atoms with Crippen LogP contribution in [0.2, 0.25) is 0 Å². The molecule has 0 unspecified atom stereocenters. The van der Waals surface area contributed by atoms with E-state index in [1.54, 1.807) is 0 Å². The minimum absolute atomic E-state index is 0. The van der Waals surface area contributed by atoms with Crippen LogP contribution in [0.25, 0.3) is 0 Å². The first-order valence-electron chi connectivity index (χ1n) is 6.83. The Bertz CT molecular complexity index is 370. The molecule has 100 valence electrons. The summed E-state index contributed by atoms with van der Waals surface area (Å²) in [5.74, 6) is 0.324. The lowest BCUT2D eigenvalue weighted by Gasteiger charge is -2.46. The second-order valence-electron chi connectivity index (χ2n) is 5.39. The van der Waals surface area contributed by atoms with E-state index in [4.69, 9.17) is 0 Å². The van der Waals surface area contributed by atoms with Crippen LogP contribution in [0.1, 0.15) is 37.2 Å². The Hall–Kier alpha value is -0.570. The van der Waals surface area contributed by atoms with Gasteiger partial charge in [-0.2, -0.15) is 0 Å². The third-order valence-electron chi connectivity index (χ3n) is 4.39. The molecule has 1 N–H and O–H groups in total. The van der Waals surface area contributed by atoms with Crippen molar-refractivity contribution in [3.63, 3.8) is 0 Å². The second-order valence-corrected chi connectivity index (χ2v) is 5.39. The molecule has 0 radical (unpaired) electrons. The van der Waals surface area contributed by atoms with Crippen LogP contribution >= 0.6 is 12.4 Å². The maximum atomic E-state index is 10.3. The highest BCUT2D eigenvalue weighted by Crippen LogP contribution is 2.37. The molecule has 3 rings (SSSR count). The minimum atomic E-state index is -0.156. The molecule has 0 spiro atoms. The Morgan fingerprint density at radius 1 is 1.00 bits per heavy atom. The van der Waals surface area contributed by atoms with Crippen LogP contribution in [0.5, 0.6) is 0 Å². The topological polar surface area (TPSA) is 23.5 Å². The summed E-state index contributed by atoms with van der Waals surface area (Å²) < 4.78 is 0. The molecule has 2 saturated heterocycles. The molecular weight excluding hydrogens is 246 g/mol. The van der Waals surface area contributed by atoms with Crippen molar-refractivity contribution in [2.75, 3.05) is 13.1 Å². The SMILES string of the molecule is Cl.O[C@H]1CCN2CCCC[C@@H]2[C@H]1c1ccccc1. The van der Waals surface area contributed by atoms with Gasteiger partial charge < -0.3 is 5.11 Å². The summed E-state index contributed by atoms with van der Waals surface area (Å²) in [5, 5.41) is 10.3. The average Bonchev–Trinajstić information content (AvgIpc) is 2.39. The molecule has 2 fully saturated rings. The average molecular weight is 268 g/mol. The lowest BCUT2D eigenvalue weighted by Crippen LogP contribution is -2.51. The third-order valence-corrected chi connectivity index (χ3v) is 4.39. The lowest BCUT2D eigenvalue weighted by molar-refractivity contribution is 0.00107.